The lowest BCUT2D eigenvalue weighted by Gasteiger charge is -2.16. The predicted molar refractivity (Wildman–Crippen MR) is 63.4 cm³/mol. The number of nitrogens with zero attached hydrogens (tertiary/aromatic N) is 1. The molecule has 0 unspecified atom stereocenters. The maximum Gasteiger partial charge on any atom is 0.235 e. The summed E-state index contributed by atoms with van der Waals surface area (Å²) in [7, 11) is 1.76. The topological polar surface area (TPSA) is 38.7 Å². The van der Waals surface area contributed by atoms with E-state index in [9.17, 15) is 4.79 Å². The zero-order chi connectivity index (χ0) is 11.9. The van der Waals surface area contributed by atoms with E-state index in [0.717, 1.165) is 31.2 Å². The Labute approximate surface area is 101 Å². The highest BCUT2D eigenvalue weighted by Gasteiger charge is 2.48. The molecule has 0 radical (unpaired) electrons. The fraction of sp³-hybridized carbons (Fsp3) is 0.500. The van der Waals surface area contributed by atoms with Crippen LogP contribution in [-0.2, 0) is 20.7 Å². The highest BCUT2D eigenvalue weighted by Crippen LogP contribution is 2.52. The molecule has 2 fully saturated rings. The van der Waals surface area contributed by atoms with Crippen LogP contribution in [0.1, 0.15) is 36.8 Å². The number of methoxy groups -OCH3 is 1. The van der Waals surface area contributed by atoms with Crippen molar-refractivity contribution >= 4 is 6.08 Å². The van der Waals surface area contributed by atoms with E-state index in [1.165, 1.54) is 5.56 Å². The molecule has 2 aliphatic rings. The van der Waals surface area contributed by atoms with Gasteiger partial charge in [-0.25, -0.2) is 4.79 Å². The molecule has 0 aromatic heterocycles. The minimum atomic E-state index is -0.276. The number of ether oxygens (including phenoxy) is 1. The van der Waals surface area contributed by atoms with Gasteiger partial charge in [0.1, 0.15) is 0 Å². The van der Waals surface area contributed by atoms with Crippen LogP contribution in [0, 0.1) is 0 Å². The molecule has 2 aliphatic carbocycles. The van der Waals surface area contributed by atoms with Gasteiger partial charge in [0.05, 0.1) is 11.1 Å². The molecular weight excluding hydrogens is 214 g/mol. The quantitative estimate of drug-likeness (QED) is 0.588. The monoisotopic (exact) mass is 229 g/mol. The number of hydrogen-bond acceptors (Lipinski definition) is 3. The molecule has 0 aliphatic heterocycles. The standard InChI is InChI=1S/C14H15NO2/c1-17-14(7-8-14)12-4-2-3-11(9-12)13(5-6-13)15-10-16/h2-4,9H,5-8H2,1H3. The third-order valence-electron chi connectivity index (χ3n) is 4.00. The van der Waals surface area contributed by atoms with E-state index in [0.29, 0.717) is 0 Å². The first-order chi connectivity index (χ1) is 8.25. The van der Waals surface area contributed by atoms with Crippen molar-refractivity contribution in [2.45, 2.75) is 36.8 Å². The Morgan fingerprint density at radius 2 is 1.94 bits per heavy atom. The van der Waals surface area contributed by atoms with Crippen molar-refractivity contribution in [2.75, 3.05) is 7.11 Å². The number of rotatable bonds is 4. The number of aliphatic imine (C=N–C) groups is 1. The van der Waals surface area contributed by atoms with E-state index in [-0.39, 0.29) is 11.1 Å². The highest BCUT2D eigenvalue weighted by atomic mass is 16.5. The molecule has 0 amide bonds. The number of carbonyl (C=O) groups excluding carboxylic acids is 1. The predicted octanol–water partition coefficient (Wildman–Crippen LogP) is 2.65. The van der Waals surface area contributed by atoms with Crippen molar-refractivity contribution in [1.29, 1.82) is 0 Å². The van der Waals surface area contributed by atoms with Crippen LogP contribution in [-0.4, -0.2) is 13.2 Å². The summed E-state index contributed by atoms with van der Waals surface area (Å²) in [5.41, 5.74) is 1.99. The molecular formula is C14H15NO2. The molecule has 1 aromatic carbocycles. The van der Waals surface area contributed by atoms with Gasteiger partial charge in [0.2, 0.25) is 6.08 Å². The summed E-state index contributed by atoms with van der Waals surface area (Å²) in [6, 6.07) is 8.32. The van der Waals surface area contributed by atoms with Crippen LogP contribution in [0.2, 0.25) is 0 Å². The maximum absolute atomic E-state index is 10.5. The van der Waals surface area contributed by atoms with Crippen LogP contribution in [0.5, 0.6) is 0 Å². The molecule has 1 aromatic rings. The van der Waals surface area contributed by atoms with Gasteiger partial charge in [0.15, 0.2) is 0 Å². The second kappa shape index (κ2) is 3.52. The Morgan fingerprint density at radius 3 is 2.47 bits per heavy atom. The Bertz CT molecular complexity index is 495. The van der Waals surface area contributed by atoms with Gasteiger partial charge in [-0.05, 0) is 36.8 Å². The lowest BCUT2D eigenvalue weighted by atomic mass is 9.99. The molecule has 3 rings (SSSR count). The van der Waals surface area contributed by atoms with Crippen LogP contribution in [0.15, 0.2) is 29.3 Å². The van der Waals surface area contributed by atoms with Crippen molar-refractivity contribution in [3.63, 3.8) is 0 Å². The van der Waals surface area contributed by atoms with Gasteiger partial charge < -0.3 is 4.74 Å². The average molecular weight is 229 g/mol. The summed E-state index contributed by atoms with van der Waals surface area (Å²) >= 11 is 0. The Kier molecular flexibility index (Phi) is 2.22. The first kappa shape index (κ1) is 10.7. The van der Waals surface area contributed by atoms with Crippen LogP contribution in [0.3, 0.4) is 0 Å². The van der Waals surface area contributed by atoms with Crippen molar-refractivity contribution in [2.24, 2.45) is 4.99 Å². The van der Waals surface area contributed by atoms with E-state index in [1.807, 2.05) is 12.1 Å². The number of isocyanates is 1. The average Bonchev–Trinajstić information content (AvgIpc) is 3.26. The van der Waals surface area contributed by atoms with Crippen molar-refractivity contribution in [3.8, 4) is 0 Å². The van der Waals surface area contributed by atoms with Gasteiger partial charge in [-0.2, -0.15) is 4.99 Å². The molecule has 3 nitrogen and oxygen atoms in total. The van der Waals surface area contributed by atoms with Crippen LogP contribution in [0.4, 0.5) is 0 Å². The Morgan fingerprint density at radius 1 is 1.24 bits per heavy atom. The molecule has 0 spiro atoms. The molecule has 0 bridgehead atoms. The smallest absolute Gasteiger partial charge is 0.235 e. The first-order valence-electron chi connectivity index (χ1n) is 6.00. The van der Waals surface area contributed by atoms with Gasteiger partial charge in [0.25, 0.3) is 0 Å². The van der Waals surface area contributed by atoms with E-state index >= 15 is 0 Å². The second-order valence-corrected chi connectivity index (χ2v) is 5.01. The minimum absolute atomic E-state index is 0.0724. The summed E-state index contributed by atoms with van der Waals surface area (Å²) in [5, 5.41) is 0. The van der Waals surface area contributed by atoms with Crippen molar-refractivity contribution < 1.29 is 9.53 Å². The molecule has 0 atom stereocenters. The molecule has 88 valence electrons. The second-order valence-electron chi connectivity index (χ2n) is 5.01. The normalized spacial score (nSPS) is 22.6. The highest BCUT2D eigenvalue weighted by molar-refractivity contribution is 5.43. The fourth-order valence-corrected chi connectivity index (χ4v) is 2.49. The zero-order valence-electron chi connectivity index (χ0n) is 9.90. The largest absolute Gasteiger partial charge is 0.374 e. The lowest BCUT2D eigenvalue weighted by molar-refractivity contribution is 0.0788. The van der Waals surface area contributed by atoms with Gasteiger partial charge >= 0.3 is 0 Å². The molecule has 3 heteroatoms. The number of hydrogen-bond donors (Lipinski definition) is 0. The van der Waals surface area contributed by atoms with Crippen LogP contribution < -0.4 is 0 Å². The van der Waals surface area contributed by atoms with Gasteiger partial charge in [-0.3, -0.25) is 0 Å². The summed E-state index contributed by atoms with van der Waals surface area (Å²) in [4.78, 5) is 14.4. The molecule has 0 N–H and O–H groups in total. The van der Waals surface area contributed by atoms with Gasteiger partial charge in [-0.15, -0.1) is 0 Å². The SMILES string of the molecule is COC1(c2cccc(C3(N=C=O)CC3)c2)CC1. The van der Waals surface area contributed by atoms with E-state index in [4.69, 9.17) is 4.74 Å². The van der Waals surface area contributed by atoms with Gasteiger partial charge in [-0.1, -0.05) is 24.3 Å². The molecule has 17 heavy (non-hydrogen) atoms. The third kappa shape index (κ3) is 1.63. The summed E-state index contributed by atoms with van der Waals surface area (Å²) in [5.74, 6) is 0. The minimum Gasteiger partial charge on any atom is -0.374 e. The van der Waals surface area contributed by atoms with E-state index in [1.54, 1.807) is 13.2 Å². The Hall–Kier alpha value is -1.44. The van der Waals surface area contributed by atoms with Crippen molar-refractivity contribution in [1.82, 2.24) is 0 Å². The fourth-order valence-electron chi connectivity index (χ4n) is 2.49. The zero-order valence-corrected chi connectivity index (χ0v) is 9.90. The first-order valence-corrected chi connectivity index (χ1v) is 6.00. The maximum atomic E-state index is 10.5. The summed E-state index contributed by atoms with van der Waals surface area (Å²) in [6.07, 6.45) is 5.76. The lowest BCUT2D eigenvalue weighted by Crippen LogP contribution is -2.11. The molecule has 2 saturated carbocycles. The molecule has 0 saturated heterocycles. The third-order valence-corrected chi connectivity index (χ3v) is 4.00. The van der Waals surface area contributed by atoms with E-state index < -0.39 is 0 Å². The Balaban J connectivity index is 1.98. The molecule has 0 heterocycles. The van der Waals surface area contributed by atoms with Crippen LogP contribution >= 0.6 is 0 Å². The number of benzene rings is 1. The van der Waals surface area contributed by atoms with Crippen LogP contribution in [0.25, 0.3) is 0 Å². The van der Waals surface area contributed by atoms with Crippen molar-refractivity contribution in [3.05, 3.63) is 35.4 Å². The van der Waals surface area contributed by atoms with Gasteiger partial charge in [0, 0.05) is 7.11 Å². The van der Waals surface area contributed by atoms with E-state index in [2.05, 4.69) is 17.1 Å². The summed E-state index contributed by atoms with van der Waals surface area (Å²) in [6.45, 7) is 0. The summed E-state index contributed by atoms with van der Waals surface area (Å²) < 4.78 is 5.57.